The predicted molar refractivity (Wildman–Crippen MR) is 111 cm³/mol. The predicted octanol–water partition coefficient (Wildman–Crippen LogP) is 6.10. The number of benzene rings is 2. The van der Waals surface area contributed by atoms with Crippen molar-refractivity contribution in [2.45, 2.75) is 26.7 Å². The van der Waals surface area contributed by atoms with E-state index in [9.17, 15) is 0 Å². The lowest BCUT2D eigenvalue weighted by Gasteiger charge is -2.10. The number of nitrogens with one attached hydrogen (secondary N) is 1. The number of ether oxygens (including phenoxy) is 1. The minimum Gasteiger partial charge on any atom is -0.457 e. The zero-order valence-electron chi connectivity index (χ0n) is 15.3. The van der Waals surface area contributed by atoms with Gasteiger partial charge in [-0.1, -0.05) is 42.3 Å². The quantitative estimate of drug-likeness (QED) is 0.519. The van der Waals surface area contributed by atoms with Crippen molar-refractivity contribution >= 4 is 29.0 Å². The van der Waals surface area contributed by atoms with Gasteiger partial charge in [-0.25, -0.2) is 9.97 Å². The van der Waals surface area contributed by atoms with Gasteiger partial charge in [-0.15, -0.1) is 0 Å². The summed E-state index contributed by atoms with van der Waals surface area (Å²) in [6.45, 7) is 4.74. The van der Waals surface area contributed by atoms with Crippen molar-refractivity contribution in [2.75, 3.05) is 11.9 Å². The van der Waals surface area contributed by atoms with E-state index in [-0.39, 0.29) is 0 Å². The van der Waals surface area contributed by atoms with E-state index in [4.69, 9.17) is 27.9 Å². The second kappa shape index (κ2) is 9.07. The maximum atomic E-state index is 6.30. The monoisotopic (exact) mass is 401 g/mol. The number of halogens is 2. The molecule has 0 aliphatic heterocycles. The molecule has 0 saturated carbocycles. The van der Waals surface area contributed by atoms with Gasteiger partial charge >= 0.3 is 0 Å². The van der Waals surface area contributed by atoms with Gasteiger partial charge in [0.15, 0.2) is 0 Å². The van der Waals surface area contributed by atoms with Crippen LogP contribution in [0.1, 0.15) is 23.7 Å². The van der Waals surface area contributed by atoms with E-state index in [2.05, 4.69) is 15.3 Å². The lowest BCUT2D eigenvalue weighted by Crippen LogP contribution is -2.08. The smallest absolute Gasteiger partial charge is 0.148 e. The number of aryl methyl sites for hydroxylation is 2. The van der Waals surface area contributed by atoms with Crippen molar-refractivity contribution < 1.29 is 4.74 Å². The summed E-state index contributed by atoms with van der Waals surface area (Å²) in [6.07, 6.45) is 3.17. The van der Waals surface area contributed by atoms with Gasteiger partial charge < -0.3 is 10.1 Å². The molecule has 3 rings (SSSR count). The molecule has 3 aromatic rings. The summed E-state index contributed by atoms with van der Waals surface area (Å²) in [5.74, 6) is 2.19. The molecule has 0 aliphatic rings. The Bertz CT molecular complexity index is 894. The number of hydrogen-bond donors (Lipinski definition) is 1. The van der Waals surface area contributed by atoms with Gasteiger partial charge in [0.2, 0.25) is 0 Å². The van der Waals surface area contributed by atoms with Gasteiger partial charge in [-0.3, -0.25) is 0 Å². The Balaban J connectivity index is 1.56. The highest BCUT2D eigenvalue weighted by atomic mass is 35.5. The van der Waals surface area contributed by atoms with Gasteiger partial charge in [0.25, 0.3) is 0 Å². The third-order valence-electron chi connectivity index (χ3n) is 4.08. The molecule has 0 aliphatic carbocycles. The van der Waals surface area contributed by atoms with Crippen LogP contribution in [0, 0.1) is 6.92 Å². The van der Waals surface area contributed by atoms with Crippen LogP contribution in [0.4, 0.5) is 5.82 Å². The summed E-state index contributed by atoms with van der Waals surface area (Å²) >= 11 is 12.4. The first-order chi connectivity index (χ1) is 13.0. The fourth-order valence-electron chi connectivity index (χ4n) is 2.72. The van der Waals surface area contributed by atoms with Crippen molar-refractivity contribution in [3.05, 3.63) is 75.7 Å². The molecule has 27 heavy (non-hydrogen) atoms. The molecule has 0 bridgehead atoms. The van der Waals surface area contributed by atoms with E-state index < -0.39 is 0 Å². The molecular weight excluding hydrogens is 381 g/mol. The fraction of sp³-hybridized carbons (Fsp3) is 0.238. The molecule has 6 heteroatoms. The molecule has 1 heterocycles. The van der Waals surface area contributed by atoms with Crippen molar-refractivity contribution in [1.82, 2.24) is 9.97 Å². The lowest BCUT2D eigenvalue weighted by atomic mass is 10.1. The van der Waals surface area contributed by atoms with Crippen LogP contribution in [0.25, 0.3) is 0 Å². The minimum absolute atomic E-state index is 0.598. The largest absolute Gasteiger partial charge is 0.457 e. The average Bonchev–Trinajstić information content (AvgIpc) is 2.64. The number of nitrogens with zero attached hydrogens (tertiary/aromatic N) is 2. The normalized spacial score (nSPS) is 10.7. The van der Waals surface area contributed by atoms with Crippen LogP contribution in [0.15, 0.2) is 48.8 Å². The molecule has 0 fully saturated rings. The van der Waals surface area contributed by atoms with Gasteiger partial charge in [0.05, 0.1) is 5.69 Å². The highest BCUT2D eigenvalue weighted by Gasteiger charge is 2.07. The second-order valence-electron chi connectivity index (χ2n) is 6.22. The third-order valence-corrected chi connectivity index (χ3v) is 4.69. The Morgan fingerprint density at radius 2 is 1.78 bits per heavy atom. The van der Waals surface area contributed by atoms with E-state index >= 15 is 0 Å². The highest BCUT2D eigenvalue weighted by molar-refractivity contribution is 6.33. The molecule has 0 saturated heterocycles. The summed E-state index contributed by atoms with van der Waals surface area (Å²) in [7, 11) is 0. The fourth-order valence-corrected chi connectivity index (χ4v) is 3.30. The van der Waals surface area contributed by atoms with E-state index in [1.807, 2.05) is 56.3 Å². The van der Waals surface area contributed by atoms with Crippen molar-refractivity contribution in [1.29, 1.82) is 0 Å². The summed E-state index contributed by atoms with van der Waals surface area (Å²) in [6, 6.07) is 13.7. The maximum Gasteiger partial charge on any atom is 0.148 e. The molecule has 0 atom stereocenters. The summed E-state index contributed by atoms with van der Waals surface area (Å²) < 4.78 is 5.88. The Morgan fingerprint density at radius 1 is 1.00 bits per heavy atom. The Morgan fingerprint density at radius 3 is 2.48 bits per heavy atom. The zero-order valence-corrected chi connectivity index (χ0v) is 16.8. The first-order valence-corrected chi connectivity index (χ1v) is 9.58. The lowest BCUT2D eigenvalue weighted by molar-refractivity contribution is 0.482. The first-order valence-electron chi connectivity index (χ1n) is 8.82. The third kappa shape index (κ3) is 5.34. The average molecular weight is 402 g/mol. The minimum atomic E-state index is 0.598. The summed E-state index contributed by atoms with van der Waals surface area (Å²) in [4.78, 5) is 8.38. The van der Waals surface area contributed by atoms with E-state index in [1.54, 1.807) is 0 Å². The number of anilines is 1. The van der Waals surface area contributed by atoms with E-state index in [0.29, 0.717) is 15.9 Å². The second-order valence-corrected chi connectivity index (χ2v) is 7.04. The molecule has 1 aromatic heterocycles. The molecule has 0 radical (unpaired) electrons. The summed E-state index contributed by atoms with van der Waals surface area (Å²) in [5, 5.41) is 4.54. The molecule has 140 valence electrons. The zero-order chi connectivity index (χ0) is 19.2. The first kappa shape index (κ1) is 19.5. The standard InChI is InChI=1S/C21H21Cl2N3O/c1-3-19-20(23)21(26-13-25-19)24-9-8-15-4-6-17(7-5-15)27-18-11-14(2)10-16(22)12-18/h4-7,10-13H,3,8-9H2,1-2H3,(H,24,25,26). The molecule has 0 spiro atoms. The maximum absolute atomic E-state index is 6.30. The number of hydrogen-bond acceptors (Lipinski definition) is 4. The number of rotatable bonds is 7. The molecule has 2 aromatic carbocycles. The molecule has 4 nitrogen and oxygen atoms in total. The van der Waals surface area contributed by atoms with Crippen LogP contribution in [-0.4, -0.2) is 16.5 Å². The van der Waals surface area contributed by atoms with Crippen LogP contribution < -0.4 is 10.1 Å². The topological polar surface area (TPSA) is 47.0 Å². The molecule has 0 amide bonds. The van der Waals surface area contributed by atoms with E-state index in [1.165, 1.54) is 11.9 Å². The molecule has 0 unspecified atom stereocenters. The van der Waals surface area contributed by atoms with Crippen LogP contribution in [0.2, 0.25) is 10.0 Å². The van der Waals surface area contributed by atoms with Gasteiger partial charge in [-0.05, 0) is 61.2 Å². The molecular formula is C21H21Cl2N3O. The number of aromatic nitrogens is 2. The van der Waals surface area contributed by atoms with Crippen molar-refractivity contribution in [3.63, 3.8) is 0 Å². The van der Waals surface area contributed by atoms with E-state index in [0.717, 1.165) is 42.1 Å². The Kier molecular flexibility index (Phi) is 6.54. The van der Waals surface area contributed by atoms with Crippen LogP contribution in [-0.2, 0) is 12.8 Å². The van der Waals surface area contributed by atoms with Crippen LogP contribution >= 0.6 is 23.2 Å². The van der Waals surface area contributed by atoms with Crippen LogP contribution in [0.5, 0.6) is 11.5 Å². The summed E-state index contributed by atoms with van der Waals surface area (Å²) in [5.41, 5.74) is 3.11. The van der Waals surface area contributed by atoms with Gasteiger partial charge in [0.1, 0.15) is 28.7 Å². The molecule has 1 N–H and O–H groups in total. The van der Waals surface area contributed by atoms with Crippen LogP contribution in [0.3, 0.4) is 0 Å². The SMILES string of the molecule is CCc1ncnc(NCCc2ccc(Oc3cc(C)cc(Cl)c3)cc2)c1Cl. The van der Waals surface area contributed by atoms with Crippen molar-refractivity contribution in [2.24, 2.45) is 0 Å². The van der Waals surface area contributed by atoms with Gasteiger partial charge in [0, 0.05) is 11.6 Å². The van der Waals surface area contributed by atoms with Gasteiger partial charge in [-0.2, -0.15) is 0 Å². The Hall–Kier alpha value is -2.30. The highest BCUT2D eigenvalue weighted by Crippen LogP contribution is 2.26. The Labute approximate surface area is 169 Å². The van der Waals surface area contributed by atoms with Crippen molar-refractivity contribution in [3.8, 4) is 11.5 Å².